The topological polar surface area (TPSA) is 92.7 Å². The molecule has 1 atom stereocenters. The van der Waals surface area contributed by atoms with Crippen LogP contribution in [0.4, 0.5) is 0 Å². The standard InChI is InChI=1S/C12H19NO5/c1-3-5-6-10(14)13-9(12(16)17)7-8-11(15)18-4-2/h3,9H,1,4-8H2,2H3,(H,13,14)(H,16,17)/t9-/m0/s1. The molecule has 0 rings (SSSR count). The van der Waals surface area contributed by atoms with Gasteiger partial charge in [0.1, 0.15) is 6.04 Å². The zero-order valence-electron chi connectivity index (χ0n) is 10.5. The van der Waals surface area contributed by atoms with Crippen LogP contribution in [0.3, 0.4) is 0 Å². The number of carboxylic acid groups (broad SMARTS) is 1. The molecule has 0 saturated carbocycles. The fraction of sp³-hybridized carbons (Fsp3) is 0.583. The minimum atomic E-state index is -1.16. The van der Waals surface area contributed by atoms with E-state index in [1.807, 2.05) is 0 Å². The van der Waals surface area contributed by atoms with E-state index in [0.717, 1.165) is 0 Å². The first-order valence-electron chi connectivity index (χ1n) is 5.80. The number of nitrogens with one attached hydrogen (secondary N) is 1. The highest BCUT2D eigenvalue weighted by molar-refractivity contribution is 5.84. The lowest BCUT2D eigenvalue weighted by atomic mass is 10.1. The second-order valence-electron chi connectivity index (χ2n) is 3.63. The molecule has 0 aliphatic carbocycles. The van der Waals surface area contributed by atoms with Gasteiger partial charge in [-0.1, -0.05) is 6.08 Å². The third-order valence-corrected chi connectivity index (χ3v) is 2.15. The Bertz CT molecular complexity index is 314. The van der Waals surface area contributed by atoms with Crippen molar-refractivity contribution >= 4 is 17.8 Å². The van der Waals surface area contributed by atoms with Gasteiger partial charge >= 0.3 is 11.9 Å². The molecule has 0 aromatic rings. The minimum absolute atomic E-state index is 0.0218. The second-order valence-corrected chi connectivity index (χ2v) is 3.63. The van der Waals surface area contributed by atoms with Crippen LogP contribution in [-0.2, 0) is 19.1 Å². The summed E-state index contributed by atoms with van der Waals surface area (Å²) >= 11 is 0. The van der Waals surface area contributed by atoms with Gasteiger partial charge in [-0.2, -0.15) is 0 Å². The van der Waals surface area contributed by atoms with E-state index in [1.165, 1.54) is 0 Å². The number of carbonyl (C=O) groups is 3. The first kappa shape index (κ1) is 16.1. The monoisotopic (exact) mass is 257 g/mol. The number of rotatable bonds is 9. The molecular formula is C12H19NO5. The molecule has 0 aromatic heterocycles. The maximum Gasteiger partial charge on any atom is 0.326 e. The van der Waals surface area contributed by atoms with Gasteiger partial charge in [0.05, 0.1) is 6.61 Å². The van der Waals surface area contributed by atoms with Crippen molar-refractivity contribution in [2.75, 3.05) is 6.61 Å². The molecule has 0 bridgehead atoms. The van der Waals surface area contributed by atoms with Crippen molar-refractivity contribution < 1.29 is 24.2 Å². The maximum absolute atomic E-state index is 11.3. The Balaban J connectivity index is 4.14. The third kappa shape index (κ3) is 7.43. The van der Waals surface area contributed by atoms with Crippen molar-refractivity contribution in [3.63, 3.8) is 0 Å². The number of amides is 1. The molecule has 102 valence electrons. The Morgan fingerprint density at radius 2 is 2.06 bits per heavy atom. The molecule has 0 saturated heterocycles. The second kappa shape index (κ2) is 9.21. The van der Waals surface area contributed by atoms with E-state index >= 15 is 0 Å². The number of allylic oxidation sites excluding steroid dienone is 1. The molecule has 0 heterocycles. The zero-order chi connectivity index (χ0) is 14.0. The van der Waals surface area contributed by atoms with E-state index in [1.54, 1.807) is 13.0 Å². The highest BCUT2D eigenvalue weighted by Crippen LogP contribution is 2.01. The normalized spacial score (nSPS) is 11.4. The number of esters is 1. The van der Waals surface area contributed by atoms with Crippen LogP contribution >= 0.6 is 0 Å². The Kier molecular flexibility index (Phi) is 8.26. The minimum Gasteiger partial charge on any atom is -0.480 e. The van der Waals surface area contributed by atoms with E-state index in [2.05, 4.69) is 16.6 Å². The Morgan fingerprint density at radius 3 is 2.56 bits per heavy atom. The van der Waals surface area contributed by atoms with Crippen LogP contribution in [0.15, 0.2) is 12.7 Å². The van der Waals surface area contributed by atoms with Gasteiger partial charge in [0.2, 0.25) is 5.91 Å². The van der Waals surface area contributed by atoms with Gasteiger partial charge < -0.3 is 15.2 Å². The highest BCUT2D eigenvalue weighted by Gasteiger charge is 2.20. The number of hydrogen-bond donors (Lipinski definition) is 2. The average Bonchev–Trinajstić information content (AvgIpc) is 2.31. The Hall–Kier alpha value is -1.85. The van der Waals surface area contributed by atoms with Gasteiger partial charge in [-0.05, 0) is 19.8 Å². The maximum atomic E-state index is 11.3. The summed E-state index contributed by atoms with van der Waals surface area (Å²) in [6, 6.07) is -1.06. The van der Waals surface area contributed by atoms with Crippen molar-refractivity contribution in [2.45, 2.75) is 38.6 Å². The molecule has 1 amide bonds. The predicted molar refractivity (Wildman–Crippen MR) is 64.9 cm³/mol. The van der Waals surface area contributed by atoms with Crippen molar-refractivity contribution in [1.29, 1.82) is 0 Å². The molecule has 0 aliphatic heterocycles. The van der Waals surface area contributed by atoms with Gasteiger partial charge in [0.25, 0.3) is 0 Å². The summed E-state index contributed by atoms with van der Waals surface area (Å²) in [5, 5.41) is 11.3. The fourth-order valence-corrected chi connectivity index (χ4v) is 1.25. The SMILES string of the molecule is C=CCCC(=O)N[C@@H](CCC(=O)OCC)C(=O)O. The van der Waals surface area contributed by atoms with E-state index in [9.17, 15) is 14.4 Å². The van der Waals surface area contributed by atoms with Crippen LogP contribution in [-0.4, -0.2) is 35.6 Å². The van der Waals surface area contributed by atoms with E-state index in [0.29, 0.717) is 6.42 Å². The first-order valence-corrected chi connectivity index (χ1v) is 5.80. The summed E-state index contributed by atoms with van der Waals surface area (Å²) in [6.45, 7) is 5.39. The number of ether oxygens (including phenoxy) is 1. The van der Waals surface area contributed by atoms with Crippen LogP contribution in [0.5, 0.6) is 0 Å². The summed E-state index contributed by atoms with van der Waals surface area (Å²) in [5.74, 6) is -2.00. The number of carboxylic acids is 1. The van der Waals surface area contributed by atoms with Crippen molar-refractivity contribution in [2.24, 2.45) is 0 Å². The van der Waals surface area contributed by atoms with E-state index < -0.39 is 18.0 Å². The lowest BCUT2D eigenvalue weighted by molar-refractivity contribution is -0.145. The molecule has 0 spiro atoms. The van der Waals surface area contributed by atoms with Crippen LogP contribution in [0, 0.1) is 0 Å². The molecule has 0 unspecified atom stereocenters. The summed E-state index contributed by atoms with van der Waals surface area (Å²) < 4.78 is 4.68. The predicted octanol–water partition coefficient (Wildman–Crippen LogP) is 0.865. The van der Waals surface area contributed by atoms with E-state index in [4.69, 9.17) is 5.11 Å². The molecule has 0 aromatic carbocycles. The number of carbonyl (C=O) groups excluding carboxylic acids is 2. The fourth-order valence-electron chi connectivity index (χ4n) is 1.25. The van der Waals surface area contributed by atoms with Gasteiger partial charge in [-0.15, -0.1) is 6.58 Å². The molecule has 0 fully saturated rings. The smallest absolute Gasteiger partial charge is 0.326 e. The van der Waals surface area contributed by atoms with Crippen LogP contribution < -0.4 is 5.32 Å². The van der Waals surface area contributed by atoms with Gasteiger partial charge in [0, 0.05) is 12.8 Å². The van der Waals surface area contributed by atoms with Crippen LogP contribution in [0.1, 0.15) is 32.6 Å². The highest BCUT2D eigenvalue weighted by atomic mass is 16.5. The first-order chi connectivity index (χ1) is 8.51. The van der Waals surface area contributed by atoms with Crippen LogP contribution in [0.2, 0.25) is 0 Å². The number of aliphatic carboxylic acids is 1. The summed E-state index contributed by atoms with van der Waals surface area (Å²) in [6.07, 6.45) is 2.23. The largest absolute Gasteiger partial charge is 0.480 e. The molecule has 0 aliphatic rings. The summed E-state index contributed by atoms with van der Waals surface area (Å²) in [4.78, 5) is 33.3. The molecule has 6 heteroatoms. The molecule has 6 nitrogen and oxygen atoms in total. The van der Waals surface area contributed by atoms with Crippen molar-refractivity contribution in [3.8, 4) is 0 Å². The third-order valence-electron chi connectivity index (χ3n) is 2.15. The quantitative estimate of drug-likeness (QED) is 0.472. The van der Waals surface area contributed by atoms with Crippen molar-refractivity contribution in [3.05, 3.63) is 12.7 Å². The molecule has 18 heavy (non-hydrogen) atoms. The average molecular weight is 257 g/mol. The summed E-state index contributed by atoms with van der Waals surface area (Å²) in [5.41, 5.74) is 0. The lowest BCUT2D eigenvalue weighted by Gasteiger charge is -2.13. The van der Waals surface area contributed by atoms with Gasteiger partial charge in [0.15, 0.2) is 0 Å². The molecular weight excluding hydrogens is 238 g/mol. The van der Waals surface area contributed by atoms with Crippen LogP contribution in [0.25, 0.3) is 0 Å². The number of hydrogen-bond acceptors (Lipinski definition) is 4. The Labute approximate surface area is 106 Å². The van der Waals surface area contributed by atoms with Gasteiger partial charge in [-0.25, -0.2) is 4.79 Å². The lowest BCUT2D eigenvalue weighted by Crippen LogP contribution is -2.41. The zero-order valence-corrected chi connectivity index (χ0v) is 10.5. The van der Waals surface area contributed by atoms with Crippen molar-refractivity contribution in [1.82, 2.24) is 5.32 Å². The molecule has 2 N–H and O–H groups in total. The van der Waals surface area contributed by atoms with E-state index in [-0.39, 0.29) is 31.8 Å². The molecule has 0 radical (unpaired) electrons. The van der Waals surface area contributed by atoms with Gasteiger partial charge in [-0.3, -0.25) is 9.59 Å². The summed E-state index contributed by atoms with van der Waals surface area (Å²) in [7, 11) is 0. The Morgan fingerprint density at radius 1 is 1.39 bits per heavy atom.